The highest BCUT2D eigenvalue weighted by molar-refractivity contribution is 5.94. The molecular formula is C25H33N3O. The van der Waals surface area contributed by atoms with E-state index in [4.69, 9.17) is 5.10 Å². The zero-order valence-electron chi connectivity index (χ0n) is 18.0. The first-order valence-electron chi connectivity index (χ1n) is 11.3. The Balaban J connectivity index is 1.44. The summed E-state index contributed by atoms with van der Waals surface area (Å²) in [4.78, 5) is 13.5. The largest absolute Gasteiger partial charge is 0.347 e. The molecule has 1 aromatic carbocycles. The normalized spacial score (nSPS) is 29.6. The number of aromatic nitrogens is 2. The van der Waals surface area contributed by atoms with Gasteiger partial charge in [0, 0.05) is 17.3 Å². The van der Waals surface area contributed by atoms with Gasteiger partial charge in [0.15, 0.2) is 5.69 Å². The molecule has 2 aromatic rings. The minimum Gasteiger partial charge on any atom is -0.347 e. The van der Waals surface area contributed by atoms with Gasteiger partial charge >= 0.3 is 0 Å². The number of fused-ring (bicyclic) bond motifs is 3. The van der Waals surface area contributed by atoms with Crippen molar-refractivity contribution in [2.75, 3.05) is 0 Å². The molecule has 154 valence electrons. The molecule has 1 aromatic heterocycles. The van der Waals surface area contributed by atoms with Crippen molar-refractivity contribution in [2.45, 2.75) is 78.3 Å². The number of hydrogen-bond acceptors (Lipinski definition) is 2. The van der Waals surface area contributed by atoms with Crippen LogP contribution in [0.2, 0.25) is 0 Å². The molecule has 1 amide bonds. The van der Waals surface area contributed by atoms with Crippen LogP contribution in [0.5, 0.6) is 0 Å². The third-order valence-electron chi connectivity index (χ3n) is 8.19. The predicted octanol–water partition coefficient (Wildman–Crippen LogP) is 4.75. The Morgan fingerprint density at radius 3 is 2.66 bits per heavy atom. The van der Waals surface area contributed by atoms with Gasteiger partial charge in [0.1, 0.15) is 0 Å². The lowest BCUT2D eigenvalue weighted by Gasteiger charge is -2.43. The third kappa shape index (κ3) is 3.03. The van der Waals surface area contributed by atoms with Gasteiger partial charge in [-0.15, -0.1) is 0 Å². The molecule has 29 heavy (non-hydrogen) atoms. The monoisotopic (exact) mass is 391 g/mol. The first kappa shape index (κ1) is 18.9. The summed E-state index contributed by atoms with van der Waals surface area (Å²) < 4.78 is 2.09. The van der Waals surface area contributed by atoms with Crippen molar-refractivity contribution < 1.29 is 4.79 Å². The van der Waals surface area contributed by atoms with Crippen LogP contribution in [0.25, 0.3) is 0 Å². The van der Waals surface area contributed by atoms with Crippen LogP contribution in [-0.2, 0) is 19.4 Å². The van der Waals surface area contributed by atoms with Crippen molar-refractivity contribution in [2.24, 2.45) is 16.7 Å². The summed E-state index contributed by atoms with van der Waals surface area (Å²) in [7, 11) is 0. The van der Waals surface area contributed by atoms with Crippen molar-refractivity contribution in [1.82, 2.24) is 15.1 Å². The van der Waals surface area contributed by atoms with Gasteiger partial charge in [-0.05, 0) is 67.3 Å². The maximum absolute atomic E-state index is 13.5. The molecule has 0 radical (unpaired) electrons. The zero-order chi connectivity index (χ0) is 20.2. The van der Waals surface area contributed by atoms with Crippen molar-refractivity contribution in [1.29, 1.82) is 0 Å². The summed E-state index contributed by atoms with van der Waals surface area (Å²) in [5.74, 6) is 0.768. The Bertz CT molecular complexity index is 924. The molecule has 4 heteroatoms. The van der Waals surface area contributed by atoms with Gasteiger partial charge in [0.25, 0.3) is 5.91 Å². The topological polar surface area (TPSA) is 46.9 Å². The number of nitrogens with zero attached hydrogens (tertiary/aromatic N) is 2. The number of carbonyl (C=O) groups is 1. The standard InChI is InChI=1S/C25H33N3O/c1-24(2)18-13-14-25(3,15-18)23(24)26-22(29)21-19-11-7-8-12-20(19)28(27-21)16-17-9-5-4-6-10-17/h4-6,9-10,18,23H,7-8,11-16H2,1-3H3,(H,26,29). The van der Waals surface area contributed by atoms with Crippen molar-refractivity contribution in [3.8, 4) is 0 Å². The van der Waals surface area contributed by atoms with Crippen LogP contribution in [0.3, 0.4) is 0 Å². The molecule has 2 saturated carbocycles. The van der Waals surface area contributed by atoms with E-state index in [-0.39, 0.29) is 22.8 Å². The molecule has 0 saturated heterocycles. The second-order valence-corrected chi connectivity index (χ2v) is 10.4. The van der Waals surface area contributed by atoms with Gasteiger partial charge in [-0.25, -0.2) is 0 Å². The highest BCUT2D eigenvalue weighted by Crippen LogP contribution is 2.62. The van der Waals surface area contributed by atoms with Crippen LogP contribution in [0, 0.1) is 16.7 Å². The number of benzene rings is 1. The van der Waals surface area contributed by atoms with E-state index in [1.54, 1.807) is 0 Å². The molecule has 2 bridgehead atoms. The smallest absolute Gasteiger partial charge is 0.272 e. The summed E-state index contributed by atoms with van der Waals surface area (Å²) in [6.45, 7) is 7.80. The van der Waals surface area contributed by atoms with Gasteiger partial charge in [-0.3, -0.25) is 9.48 Å². The van der Waals surface area contributed by atoms with E-state index in [2.05, 4.69) is 55.0 Å². The Kier molecular flexibility index (Phi) is 4.38. The van der Waals surface area contributed by atoms with E-state index >= 15 is 0 Å². The molecule has 0 spiro atoms. The van der Waals surface area contributed by atoms with E-state index in [0.717, 1.165) is 31.7 Å². The van der Waals surface area contributed by atoms with E-state index in [1.165, 1.54) is 42.5 Å². The molecule has 1 N–H and O–H groups in total. The summed E-state index contributed by atoms with van der Waals surface area (Å²) in [5, 5.41) is 8.34. The Morgan fingerprint density at radius 2 is 1.93 bits per heavy atom. The molecule has 3 aliphatic rings. The zero-order valence-corrected chi connectivity index (χ0v) is 18.0. The fraction of sp³-hybridized carbons (Fsp3) is 0.600. The number of carbonyl (C=O) groups excluding carboxylic acids is 1. The number of amides is 1. The molecule has 3 unspecified atom stereocenters. The fourth-order valence-corrected chi connectivity index (χ4v) is 6.60. The minimum atomic E-state index is 0.0433. The number of rotatable bonds is 4. The molecule has 5 rings (SSSR count). The quantitative estimate of drug-likeness (QED) is 0.817. The van der Waals surface area contributed by atoms with Gasteiger partial charge in [0.2, 0.25) is 0 Å². The van der Waals surface area contributed by atoms with Gasteiger partial charge in [0.05, 0.1) is 6.54 Å². The molecule has 2 fully saturated rings. The van der Waals surface area contributed by atoms with E-state index in [0.29, 0.717) is 5.69 Å². The minimum absolute atomic E-state index is 0.0433. The molecular weight excluding hydrogens is 358 g/mol. The molecule has 1 heterocycles. The van der Waals surface area contributed by atoms with E-state index in [9.17, 15) is 4.79 Å². The van der Waals surface area contributed by atoms with Crippen molar-refractivity contribution in [3.05, 3.63) is 52.8 Å². The van der Waals surface area contributed by atoms with E-state index in [1.807, 2.05) is 6.07 Å². The molecule has 0 aliphatic heterocycles. The van der Waals surface area contributed by atoms with Crippen molar-refractivity contribution in [3.63, 3.8) is 0 Å². The van der Waals surface area contributed by atoms with Crippen LogP contribution < -0.4 is 5.32 Å². The Morgan fingerprint density at radius 1 is 1.17 bits per heavy atom. The maximum Gasteiger partial charge on any atom is 0.272 e. The first-order chi connectivity index (χ1) is 13.9. The molecule has 3 aliphatic carbocycles. The molecule has 3 atom stereocenters. The average Bonchev–Trinajstić information content (AvgIpc) is 3.33. The SMILES string of the molecule is CC12CCC(C1)C(C)(C)C2NC(=O)c1nn(Cc2ccccc2)c2c1CCCC2. The predicted molar refractivity (Wildman–Crippen MR) is 115 cm³/mol. The lowest BCUT2D eigenvalue weighted by Crippen LogP contribution is -2.52. The van der Waals surface area contributed by atoms with Gasteiger partial charge < -0.3 is 5.32 Å². The van der Waals surface area contributed by atoms with E-state index < -0.39 is 0 Å². The van der Waals surface area contributed by atoms with Crippen LogP contribution >= 0.6 is 0 Å². The highest BCUT2D eigenvalue weighted by atomic mass is 16.2. The van der Waals surface area contributed by atoms with Crippen LogP contribution in [0.1, 0.15) is 80.2 Å². The number of nitrogens with one attached hydrogen (secondary N) is 1. The summed E-state index contributed by atoms with van der Waals surface area (Å²) in [5.41, 5.74) is 4.76. The third-order valence-corrected chi connectivity index (χ3v) is 8.19. The lowest BCUT2D eigenvalue weighted by atomic mass is 9.68. The van der Waals surface area contributed by atoms with Crippen LogP contribution in [0.4, 0.5) is 0 Å². The average molecular weight is 392 g/mol. The Hall–Kier alpha value is -2.10. The highest BCUT2D eigenvalue weighted by Gasteiger charge is 2.59. The number of hydrogen-bond donors (Lipinski definition) is 1. The first-order valence-corrected chi connectivity index (χ1v) is 11.3. The summed E-state index contributed by atoms with van der Waals surface area (Å²) >= 11 is 0. The van der Waals surface area contributed by atoms with Crippen LogP contribution in [0.15, 0.2) is 30.3 Å². The lowest BCUT2D eigenvalue weighted by molar-refractivity contribution is 0.0731. The summed E-state index contributed by atoms with van der Waals surface area (Å²) in [6, 6.07) is 10.7. The van der Waals surface area contributed by atoms with Crippen LogP contribution in [-0.4, -0.2) is 21.7 Å². The second kappa shape index (κ2) is 6.72. The van der Waals surface area contributed by atoms with Crippen molar-refractivity contribution >= 4 is 5.91 Å². The maximum atomic E-state index is 13.5. The Labute approximate surface area is 174 Å². The second-order valence-electron chi connectivity index (χ2n) is 10.4. The molecule has 4 nitrogen and oxygen atoms in total. The summed E-state index contributed by atoms with van der Waals surface area (Å²) in [6.07, 6.45) is 8.11. The fourth-order valence-electron chi connectivity index (χ4n) is 6.60. The van der Waals surface area contributed by atoms with Gasteiger partial charge in [-0.1, -0.05) is 51.1 Å². The van der Waals surface area contributed by atoms with Gasteiger partial charge in [-0.2, -0.15) is 5.10 Å².